The van der Waals surface area contributed by atoms with Crippen LogP contribution in [0.4, 0.5) is 0 Å². The van der Waals surface area contributed by atoms with Crippen molar-refractivity contribution >= 4 is 27.3 Å². The Morgan fingerprint density at radius 1 is 1.35 bits per heavy atom. The van der Waals surface area contributed by atoms with Crippen molar-refractivity contribution in [3.05, 3.63) is 17.0 Å². The van der Waals surface area contributed by atoms with Crippen LogP contribution in [0.1, 0.15) is 17.7 Å². The minimum absolute atomic E-state index is 0.0416. The molecular weight excluding hydrogens is 298 g/mol. The number of nitrogens with two attached hydrogens (primary N) is 1. The Labute approximate surface area is 122 Å². The molecule has 0 bridgehead atoms. The van der Waals surface area contributed by atoms with Crippen LogP contribution in [0.5, 0.6) is 0 Å². The molecule has 0 saturated carbocycles. The lowest BCUT2D eigenvalue weighted by Gasteiger charge is -2.36. The third kappa shape index (κ3) is 2.26. The highest BCUT2D eigenvalue weighted by Crippen LogP contribution is 2.29. The van der Waals surface area contributed by atoms with Crippen LogP contribution in [0.15, 0.2) is 16.3 Å². The number of amides is 1. The number of carbonyl (C=O) groups is 1. The number of nitrogens with zero attached hydrogens (tertiary/aromatic N) is 2. The molecule has 1 amide bonds. The Balaban J connectivity index is 1.80. The molecule has 1 aromatic rings. The van der Waals surface area contributed by atoms with E-state index >= 15 is 0 Å². The Morgan fingerprint density at radius 3 is 2.85 bits per heavy atom. The van der Waals surface area contributed by atoms with Crippen LogP contribution in [0, 0.1) is 0 Å². The van der Waals surface area contributed by atoms with Gasteiger partial charge >= 0.3 is 0 Å². The van der Waals surface area contributed by atoms with Gasteiger partial charge in [0.05, 0.1) is 0 Å². The summed E-state index contributed by atoms with van der Waals surface area (Å²) in [4.78, 5) is 14.3. The van der Waals surface area contributed by atoms with Gasteiger partial charge in [-0.25, -0.2) is 8.42 Å². The zero-order valence-corrected chi connectivity index (χ0v) is 12.6. The lowest BCUT2D eigenvalue weighted by molar-refractivity contribution is -0.130. The highest BCUT2D eigenvalue weighted by molar-refractivity contribution is 7.91. The SMILES string of the molecule is NCc1ccc(S(=O)(=O)N2CCN3C(=O)CCC3C2)s1. The molecule has 0 aromatic carbocycles. The number of fused-ring (bicyclic) bond motifs is 1. The predicted molar refractivity (Wildman–Crippen MR) is 75.7 cm³/mol. The summed E-state index contributed by atoms with van der Waals surface area (Å²) in [6.07, 6.45) is 1.29. The molecule has 0 aliphatic carbocycles. The maximum absolute atomic E-state index is 12.6. The molecule has 110 valence electrons. The van der Waals surface area contributed by atoms with Crippen LogP contribution in [-0.4, -0.2) is 49.2 Å². The van der Waals surface area contributed by atoms with Crippen molar-refractivity contribution in [3.63, 3.8) is 0 Å². The van der Waals surface area contributed by atoms with E-state index in [1.165, 1.54) is 15.6 Å². The van der Waals surface area contributed by atoms with Gasteiger partial charge in [-0.05, 0) is 18.6 Å². The van der Waals surface area contributed by atoms with Crippen LogP contribution >= 0.6 is 11.3 Å². The molecule has 8 heteroatoms. The summed E-state index contributed by atoms with van der Waals surface area (Å²) >= 11 is 1.22. The van der Waals surface area contributed by atoms with E-state index in [0.29, 0.717) is 36.8 Å². The molecule has 2 saturated heterocycles. The molecule has 3 heterocycles. The molecule has 1 aromatic heterocycles. The Morgan fingerprint density at radius 2 is 2.15 bits per heavy atom. The van der Waals surface area contributed by atoms with E-state index in [2.05, 4.69) is 0 Å². The number of carbonyl (C=O) groups excluding carboxylic acids is 1. The molecule has 3 rings (SSSR count). The van der Waals surface area contributed by atoms with Crippen molar-refractivity contribution in [3.8, 4) is 0 Å². The van der Waals surface area contributed by atoms with Gasteiger partial charge in [-0.2, -0.15) is 4.31 Å². The standard InChI is InChI=1S/C12H17N3O3S2/c13-7-10-2-4-12(19-10)20(17,18)14-5-6-15-9(8-14)1-3-11(15)16/h2,4,9H,1,3,5-8,13H2. The second-order valence-electron chi connectivity index (χ2n) is 5.07. The average molecular weight is 315 g/mol. The highest BCUT2D eigenvalue weighted by Gasteiger charge is 2.39. The van der Waals surface area contributed by atoms with Gasteiger partial charge in [0.2, 0.25) is 5.91 Å². The molecule has 2 N–H and O–H groups in total. The van der Waals surface area contributed by atoms with Crippen molar-refractivity contribution in [1.29, 1.82) is 0 Å². The van der Waals surface area contributed by atoms with E-state index in [-0.39, 0.29) is 11.9 Å². The molecule has 1 atom stereocenters. The third-order valence-corrected chi connectivity index (χ3v) is 7.33. The molecule has 1 unspecified atom stereocenters. The van der Waals surface area contributed by atoms with Crippen molar-refractivity contribution in [2.24, 2.45) is 5.73 Å². The summed E-state index contributed by atoms with van der Waals surface area (Å²) in [6, 6.07) is 3.42. The minimum Gasteiger partial charge on any atom is -0.337 e. The molecular formula is C12H17N3O3S2. The Bertz CT molecular complexity index is 626. The largest absolute Gasteiger partial charge is 0.337 e. The predicted octanol–water partition coefficient (Wildman–Crippen LogP) is 0.202. The number of thiophene rings is 1. The summed E-state index contributed by atoms with van der Waals surface area (Å²) in [7, 11) is -3.45. The lowest BCUT2D eigenvalue weighted by atomic mass is 10.2. The average Bonchev–Trinajstić information content (AvgIpc) is 3.06. The number of hydrogen-bond acceptors (Lipinski definition) is 5. The summed E-state index contributed by atoms with van der Waals surface area (Å²) in [5.41, 5.74) is 5.53. The smallest absolute Gasteiger partial charge is 0.252 e. The first kappa shape index (κ1) is 14.0. The summed E-state index contributed by atoms with van der Waals surface area (Å²) < 4.78 is 27.0. The van der Waals surface area contributed by atoms with Gasteiger partial charge in [0.25, 0.3) is 10.0 Å². The maximum atomic E-state index is 12.6. The fourth-order valence-corrected chi connectivity index (χ4v) is 5.65. The van der Waals surface area contributed by atoms with Crippen LogP contribution in [0.25, 0.3) is 0 Å². The van der Waals surface area contributed by atoms with Crippen molar-refractivity contribution < 1.29 is 13.2 Å². The van der Waals surface area contributed by atoms with Crippen molar-refractivity contribution in [2.75, 3.05) is 19.6 Å². The quantitative estimate of drug-likeness (QED) is 0.864. The first-order valence-corrected chi connectivity index (χ1v) is 8.86. The lowest BCUT2D eigenvalue weighted by Crippen LogP contribution is -2.52. The van der Waals surface area contributed by atoms with Crippen LogP contribution in [0.2, 0.25) is 0 Å². The van der Waals surface area contributed by atoms with Crippen LogP contribution in [-0.2, 0) is 21.4 Å². The van der Waals surface area contributed by atoms with Gasteiger partial charge in [0.1, 0.15) is 4.21 Å². The van der Waals surface area contributed by atoms with Gasteiger partial charge < -0.3 is 10.6 Å². The van der Waals surface area contributed by atoms with Crippen molar-refractivity contribution in [2.45, 2.75) is 29.6 Å². The molecule has 0 radical (unpaired) electrons. The zero-order valence-electron chi connectivity index (χ0n) is 11.0. The Kier molecular flexibility index (Phi) is 3.57. The third-order valence-electron chi connectivity index (χ3n) is 3.89. The van der Waals surface area contributed by atoms with Crippen LogP contribution < -0.4 is 5.73 Å². The van der Waals surface area contributed by atoms with E-state index in [4.69, 9.17) is 5.73 Å². The minimum atomic E-state index is -3.45. The molecule has 6 nitrogen and oxygen atoms in total. The van der Waals surface area contributed by atoms with Gasteiger partial charge in [-0.3, -0.25) is 4.79 Å². The summed E-state index contributed by atoms with van der Waals surface area (Å²) in [5, 5.41) is 0. The molecule has 20 heavy (non-hydrogen) atoms. The second kappa shape index (κ2) is 5.10. The van der Waals surface area contributed by atoms with Gasteiger partial charge in [0, 0.05) is 43.5 Å². The molecule has 0 spiro atoms. The second-order valence-corrected chi connectivity index (χ2v) is 8.40. The summed E-state index contributed by atoms with van der Waals surface area (Å²) in [5.74, 6) is 0.147. The first-order chi connectivity index (χ1) is 9.52. The molecule has 2 fully saturated rings. The number of piperazine rings is 1. The number of hydrogen-bond donors (Lipinski definition) is 1. The first-order valence-electron chi connectivity index (χ1n) is 6.61. The molecule has 2 aliphatic rings. The van der Waals surface area contributed by atoms with E-state index in [9.17, 15) is 13.2 Å². The topological polar surface area (TPSA) is 83.7 Å². The Hall–Kier alpha value is -0.960. The number of rotatable bonds is 3. The molecule has 2 aliphatic heterocycles. The fraction of sp³-hybridized carbons (Fsp3) is 0.583. The van der Waals surface area contributed by atoms with E-state index in [1.54, 1.807) is 12.1 Å². The van der Waals surface area contributed by atoms with E-state index in [1.807, 2.05) is 4.90 Å². The van der Waals surface area contributed by atoms with Crippen molar-refractivity contribution in [1.82, 2.24) is 9.21 Å². The monoisotopic (exact) mass is 315 g/mol. The summed E-state index contributed by atoms with van der Waals surface area (Å²) in [6.45, 7) is 1.63. The maximum Gasteiger partial charge on any atom is 0.252 e. The van der Waals surface area contributed by atoms with E-state index < -0.39 is 10.0 Å². The highest BCUT2D eigenvalue weighted by atomic mass is 32.2. The van der Waals surface area contributed by atoms with Gasteiger partial charge in [-0.1, -0.05) is 0 Å². The number of sulfonamides is 1. The zero-order chi connectivity index (χ0) is 14.3. The fourth-order valence-electron chi connectivity index (χ4n) is 2.79. The normalized spacial score (nSPS) is 24.1. The van der Waals surface area contributed by atoms with Gasteiger partial charge in [-0.15, -0.1) is 11.3 Å². The van der Waals surface area contributed by atoms with Gasteiger partial charge in [0.15, 0.2) is 0 Å². The van der Waals surface area contributed by atoms with E-state index in [0.717, 1.165) is 11.3 Å². The van der Waals surface area contributed by atoms with Crippen LogP contribution in [0.3, 0.4) is 0 Å².